The summed E-state index contributed by atoms with van der Waals surface area (Å²) in [5.74, 6) is -0.223. The summed E-state index contributed by atoms with van der Waals surface area (Å²) in [5, 5.41) is 0. The second-order valence-corrected chi connectivity index (χ2v) is 15.4. The minimum absolute atomic E-state index is 0.112. The first kappa shape index (κ1) is 30.7. The monoisotopic (exact) mass is 668 g/mol. The Morgan fingerprint density at radius 1 is 0.326 bits per heavy atom. The van der Waals surface area contributed by atoms with Crippen LogP contribution in [0.25, 0.3) is 0 Å². The zero-order valence-corrected chi connectivity index (χ0v) is 28.4. The molecular formula is C40H28O2S4. The van der Waals surface area contributed by atoms with E-state index in [1.807, 2.05) is 84.9 Å². The largest absolute Gasteiger partial charge is 0.288 e. The summed E-state index contributed by atoms with van der Waals surface area (Å²) in [4.78, 5) is 37.2. The number of aryl methyl sites for hydroxylation is 2. The van der Waals surface area contributed by atoms with Crippen LogP contribution in [0.5, 0.6) is 0 Å². The van der Waals surface area contributed by atoms with E-state index < -0.39 is 0 Å². The molecule has 6 aromatic carbocycles. The predicted molar refractivity (Wildman–Crippen MR) is 191 cm³/mol. The van der Waals surface area contributed by atoms with E-state index in [4.69, 9.17) is 0 Å². The van der Waals surface area contributed by atoms with Gasteiger partial charge in [-0.1, -0.05) is 119 Å². The Hall–Kier alpha value is -3.94. The third kappa shape index (κ3) is 6.36. The second-order valence-electron chi connectivity index (χ2n) is 10.9. The number of rotatable bonds is 8. The van der Waals surface area contributed by atoms with E-state index in [2.05, 4.69) is 62.4 Å². The molecule has 0 heterocycles. The van der Waals surface area contributed by atoms with E-state index >= 15 is 0 Å². The summed E-state index contributed by atoms with van der Waals surface area (Å²) >= 11 is 6.11. The lowest BCUT2D eigenvalue weighted by atomic mass is 9.84. The van der Waals surface area contributed by atoms with Crippen molar-refractivity contribution in [2.75, 3.05) is 0 Å². The molecule has 0 atom stereocenters. The van der Waals surface area contributed by atoms with Gasteiger partial charge in [0.05, 0.1) is 0 Å². The summed E-state index contributed by atoms with van der Waals surface area (Å²) in [6.07, 6.45) is 0. The topological polar surface area (TPSA) is 34.1 Å². The van der Waals surface area contributed by atoms with Gasteiger partial charge in [-0.2, -0.15) is 0 Å². The Morgan fingerprint density at radius 3 is 0.870 bits per heavy atom. The maximum Gasteiger partial charge on any atom is 0.196 e. The second kappa shape index (κ2) is 13.4. The van der Waals surface area contributed by atoms with Gasteiger partial charge in [0, 0.05) is 61.4 Å². The molecule has 7 rings (SSSR count). The SMILES string of the molecule is Cc1ccc(Sc2ccc(Sc3ccc(C)cc3)c3c2C(=O)c2c(Sc4ccccc4)ccc(Sc4ccccc4)c2C3=O)cc1. The van der Waals surface area contributed by atoms with Gasteiger partial charge in [-0.3, -0.25) is 9.59 Å². The van der Waals surface area contributed by atoms with Gasteiger partial charge in [-0.25, -0.2) is 0 Å². The van der Waals surface area contributed by atoms with E-state index in [1.54, 1.807) is 0 Å². The molecule has 0 radical (unpaired) electrons. The van der Waals surface area contributed by atoms with Crippen molar-refractivity contribution in [1.82, 2.24) is 0 Å². The molecule has 1 aliphatic carbocycles. The van der Waals surface area contributed by atoms with E-state index in [1.165, 1.54) is 58.2 Å². The fourth-order valence-electron chi connectivity index (χ4n) is 5.32. The van der Waals surface area contributed by atoms with Gasteiger partial charge in [0.1, 0.15) is 0 Å². The highest BCUT2D eigenvalue weighted by Crippen LogP contribution is 2.48. The van der Waals surface area contributed by atoms with Crippen molar-refractivity contribution in [2.45, 2.75) is 53.0 Å². The predicted octanol–water partition coefficient (Wildman–Crippen LogP) is 11.7. The molecule has 0 N–H and O–H groups in total. The van der Waals surface area contributed by atoms with Crippen LogP contribution in [-0.2, 0) is 0 Å². The molecule has 0 amide bonds. The highest BCUT2D eigenvalue weighted by Gasteiger charge is 2.38. The van der Waals surface area contributed by atoms with Crippen molar-refractivity contribution in [1.29, 1.82) is 0 Å². The maximum absolute atomic E-state index is 15.0. The van der Waals surface area contributed by atoms with Crippen molar-refractivity contribution >= 4 is 58.6 Å². The van der Waals surface area contributed by atoms with E-state index in [0.717, 1.165) is 39.2 Å². The highest BCUT2D eigenvalue weighted by atomic mass is 32.2. The summed E-state index contributed by atoms with van der Waals surface area (Å²) in [7, 11) is 0. The quantitative estimate of drug-likeness (QED) is 0.160. The molecule has 6 heteroatoms. The van der Waals surface area contributed by atoms with Crippen molar-refractivity contribution in [3.8, 4) is 0 Å². The molecular weight excluding hydrogens is 641 g/mol. The standard InChI is InChI=1S/C40H28O2S4/c1-25-13-17-29(18-14-25)45-33-23-24-34(46-30-19-15-26(2)16-20-30)38-37(33)39(41)35-31(43-27-9-5-3-6-10-27)21-22-32(36(35)40(38)42)44-28-11-7-4-8-12-28/h3-24H,1-2H3. The Labute approximate surface area is 286 Å². The molecule has 0 bridgehead atoms. The van der Waals surface area contributed by atoms with Crippen LogP contribution in [0.3, 0.4) is 0 Å². The molecule has 0 spiro atoms. The van der Waals surface area contributed by atoms with Crippen LogP contribution in [0.2, 0.25) is 0 Å². The van der Waals surface area contributed by atoms with Gasteiger partial charge in [0.25, 0.3) is 0 Å². The third-order valence-corrected chi connectivity index (χ3v) is 11.9. The van der Waals surface area contributed by atoms with Gasteiger partial charge in [-0.05, 0) is 86.6 Å². The minimum atomic E-state index is -0.112. The molecule has 6 aromatic rings. The van der Waals surface area contributed by atoms with Gasteiger partial charge in [-0.15, -0.1) is 0 Å². The van der Waals surface area contributed by atoms with E-state index in [-0.39, 0.29) is 11.6 Å². The molecule has 1 aliphatic rings. The number of fused-ring (bicyclic) bond motifs is 2. The maximum atomic E-state index is 15.0. The lowest BCUT2D eigenvalue weighted by molar-refractivity contribution is 0.0970. The minimum Gasteiger partial charge on any atom is -0.288 e. The molecule has 46 heavy (non-hydrogen) atoms. The Morgan fingerprint density at radius 2 is 0.587 bits per heavy atom. The van der Waals surface area contributed by atoms with Crippen LogP contribution < -0.4 is 0 Å². The smallest absolute Gasteiger partial charge is 0.196 e. The van der Waals surface area contributed by atoms with Crippen LogP contribution >= 0.6 is 47.0 Å². The highest BCUT2D eigenvalue weighted by molar-refractivity contribution is 8.00. The number of carbonyl (C=O) groups is 2. The number of benzene rings is 6. The van der Waals surface area contributed by atoms with Gasteiger partial charge < -0.3 is 0 Å². The summed E-state index contributed by atoms with van der Waals surface area (Å²) in [6.45, 7) is 4.12. The van der Waals surface area contributed by atoms with E-state index in [0.29, 0.717) is 22.3 Å². The summed E-state index contributed by atoms with van der Waals surface area (Å²) in [6, 6.07) is 44.6. The van der Waals surface area contributed by atoms with Crippen molar-refractivity contribution in [3.63, 3.8) is 0 Å². The van der Waals surface area contributed by atoms with Crippen LogP contribution in [0, 0.1) is 13.8 Å². The van der Waals surface area contributed by atoms with Crippen LogP contribution in [0.1, 0.15) is 43.0 Å². The molecule has 2 nitrogen and oxygen atoms in total. The Balaban J connectivity index is 1.42. The third-order valence-electron chi connectivity index (χ3n) is 7.61. The zero-order chi connectivity index (χ0) is 31.6. The molecule has 0 aliphatic heterocycles. The molecule has 0 saturated heterocycles. The number of carbonyl (C=O) groups excluding carboxylic acids is 2. The molecule has 224 valence electrons. The van der Waals surface area contributed by atoms with Crippen molar-refractivity contribution in [3.05, 3.63) is 167 Å². The van der Waals surface area contributed by atoms with Gasteiger partial charge in [0.2, 0.25) is 0 Å². The average Bonchev–Trinajstić information content (AvgIpc) is 3.07. The van der Waals surface area contributed by atoms with Gasteiger partial charge in [0.15, 0.2) is 11.6 Å². The normalized spacial score (nSPS) is 12.1. The first-order valence-electron chi connectivity index (χ1n) is 14.8. The number of hydrogen-bond donors (Lipinski definition) is 0. The van der Waals surface area contributed by atoms with Gasteiger partial charge >= 0.3 is 0 Å². The molecule has 0 saturated carbocycles. The van der Waals surface area contributed by atoms with Crippen LogP contribution in [-0.4, -0.2) is 11.6 Å². The zero-order valence-electron chi connectivity index (χ0n) is 25.2. The van der Waals surface area contributed by atoms with Crippen LogP contribution in [0.4, 0.5) is 0 Å². The summed E-state index contributed by atoms with van der Waals surface area (Å²) < 4.78 is 0. The fraction of sp³-hybridized carbons (Fsp3) is 0.0500. The number of hydrogen-bond acceptors (Lipinski definition) is 6. The van der Waals surface area contributed by atoms with Crippen molar-refractivity contribution < 1.29 is 9.59 Å². The lowest BCUT2D eigenvalue weighted by Crippen LogP contribution is -2.24. The fourth-order valence-corrected chi connectivity index (χ4v) is 9.20. The van der Waals surface area contributed by atoms with Crippen LogP contribution in [0.15, 0.2) is 173 Å². The lowest BCUT2D eigenvalue weighted by Gasteiger charge is -2.26. The molecule has 0 aromatic heterocycles. The molecule has 0 fully saturated rings. The Bertz CT molecular complexity index is 1920. The average molecular weight is 669 g/mol. The first-order chi connectivity index (χ1) is 22.4. The summed E-state index contributed by atoms with van der Waals surface area (Å²) in [5.41, 5.74) is 4.27. The van der Waals surface area contributed by atoms with Crippen molar-refractivity contribution in [2.24, 2.45) is 0 Å². The Kier molecular flexibility index (Phi) is 8.96. The van der Waals surface area contributed by atoms with E-state index in [9.17, 15) is 9.59 Å². The first-order valence-corrected chi connectivity index (χ1v) is 18.1. The molecule has 0 unspecified atom stereocenters. The number of ketones is 2.